The molecule has 0 aliphatic carbocycles. The van der Waals surface area contributed by atoms with E-state index in [0.29, 0.717) is 98.0 Å². The van der Waals surface area contributed by atoms with E-state index in [0.717, 1.165) is 6.29 Å². The zero-order chi connectivity index (χ0) is 64.3. The normalized spacial score (nSPS) is 27.9. The molecule has 8 rings (SSSR count). The first-order valence-corrected chi connectivity index (χ1v) is 29.7. The topological polar surface area (TPSA) is 326 Å². The highest BCUT2D eigenvalue weighted by molar-refractivity contribution is 5.81. The van der Waals surface area contributed by atoms with E-state index in [-0.39, 0.29) is 96.8 Å². The fraction of sp³-hybridized carbons (Fsp3) is 0.818. The van der Waals surface area contributed by atoms with Gasteiger partial charge in [-0.15, -0.1) is 0 Å². The molecule has 6 aliphatic heterocycles. The fourth-order valence-electron chi connectivity index (χ4n) is 10.4. The largest absolute Gasteiger partial charge is 0.434 e. The van der Waals surface area contributed by atoms with Crippen molar-refractivity contribution < 1.29 is 121 Å². The number of carbonyl (C=O) groups excluding carboxylic acids is 2. The Morgan fingerprint density at radius 1 is 0.567 bits per heavy atom. The molecule has 0 spiro atoms. The van der Waals surface area contributed by atoms with Crippen LogP contribution in [0, 0.1) is 0 Å². The molecule has 0 saturated carbocycles. The van der Waals surface area contributed by atoms with Crippen LogP contribution in [0.15, 0.2) is 24.8 Å². The van der Waals surface area contributed by atoms with Crippen molar-refractivity contribution in [2.75, 3.05) is 169 Å². The van der Waals surface area contributed by atoms with Crippen LogP contribution in [0.3, 0.4) is 0 Å². The summed E-state index contributed by atoms with van der Waals surface area (Å²) in [7, 11) is 0. The summed E-state index contributed by atoms with van der Waals surface area (Å²) >= 11 is 0. The highest BCUT2D eigenvalue weighted by Crippen LogP contribution is 2.49. The molecule has 510 valence electrons. The van der Waals surface area contributed by atoms with E-state index in [1.165, 1.54) is 12.4 Å². The Labute approximate surface area is 515 Å². The number of anilines is 2. The maximum Gasteiger partial charge on any atom is 0.434 e. The summed E-state index contributed by atoms with van der Waals surface area (Å²) in [5.74, 6) is -2.64. The molecule has 1 amide bonds. The first-order valence-electron chi connectivity index (χ1n) is 29.7. The van der Waals surface area contributed by atoms with Crippen LogP contribution in [-0.2, 0) is 107 Å². The standard InChI is InChI=1S/C55H83F6N9O20/c1-50(2)85-43-41(69-39-26-63-24-37(67-39)54(56,57)58)48-83-33-52(89-48,45(43)87-50)31-81-22-20-77-18-16-75-14-12-73-10-6-65-35(28-71)29-79-8-5-9-80-30-36(62)47(72)66-7-11-74-13-15-76-17-19-78-21-23-82-32-53-34-84-49(90-53)42(44-46(53)88-51(3,4)86-44)70-40-27-64-25-38(68-40)55(59,60)61/h24-28,35-36,41-46,48-49,65H,5-23,29-34,62H2,1-4H3,(H,66,72)(H,67,69)(H,68,70)/t35?,36?,41-,42-,43-,44-,45-,46-,48+,49+,52+,53+/m1/s1. The van der Waals surface area contributed by atoms with Gasteiger partial charge in [-0.25, -0.2) is 9.97 Å². The number of nitrogens with two attached hydrogens (primary N) is 1. The number of hydrogen-bond donors (Lipinski definition) is 5. The summed E-state index contributed by atoms with van der Waals surface area (Å²) in [5, 5.41) is 11.7. The Hall–Kier alpha value is -4.32. The number of rotatable bonds is 43. The molecule has 6 saturated heterocycles. The van der Waals surface area contributed by atoms with E-state index < -0.39 is 108 Å². The molecule has 12 atom stereocenters. The Kier molecular flexibility index (Phi) is 26.8. The Morgan fingerprint density at radius 2 is 0.978 bits per heavy atom. The van der Waals surface area contributed by atoms with Crippen LogP contribution in [0.5, 0.6) is 0 Å². The average molecular weight is 1300 g/mol. The molecule has 90 heavy (non-hydrogen) atoms. The number of nitrogens with zero attached hydrogens (tertiary/aromatic N) is 4. The maximum atomic E-state index is 13.3. The summed E-state index contributed by atoms with van der Waals surface area (Å²) in [6, 6.07) is -2.91. The molecule has 35 heteroatoms. The third-order valence-corrected chi connectivity index (χ3v) is 14.6. The summed E-state index contributed by atoms with van der Waals surface area (Å²) in [4.78, 5) is 38.6. The summed E-state index contributed by atoms with van der Waals surface area (Å²) in [6.45, 7) is 12.9. The van der Waals surface area contributed by atoms with Crippen molar-refractivity contribution in [3.05, 3.63) is 36.2 Å². The average Bonchev–Trinajstić information content (AvgIpc) is 1.58. The van der Waals surface area contributed by atoms with Crippen molar-refractivity contribution >= 4 is 23.8 Å². The lowest BCUT2D eigenvalue weighted by Crippen LogP contribution is -2.63. The molecule has 0 radical (unpaired) electrons. The van der Waals surface area contributed by atoms with E-state index in [1.807, 2.05) is 0 Å². The third-order valence-electron chi connectivity index (χ3n) is 14.6. The Balaban J connectivity index is 0.546. The van der Waals surface area contributed by atoms with Gasteiger partial charge in [0, 0.05) is 26.3 Å². The highest BCUT2D eigenvalue weighted by atomic mass is 19.4. The molecule has 2 aromatic rings. The van der Waals surface area contributed by atoms with Gasteiger partial charge in [0.05, 0.1) is 163 Å². The van der Waals surface area contributed by atoms with E-state index in [4.69, 9.17) is 91.0 Å². The SMILES string of the molecule is CC1(C)O[C@@H]2[C@@H](Nc3cncc(C(F)(F)F)n3)[C@H]3OC[C@](COCCOCCOCCOCCNC(=O)C(N)COCCCOCC(C=O)NCCOCCOCCOCCOC[C@@]45CO[C@@H](O4)[C@H](Nc4cncc(C(F)(F)F)n4)[C@H]4OC(C)(C)O[C@H]45)(O3)[C@@H]2O1. The van der Waals surface area contributed by atoms with Crippen LogP contribution in [0.1, 0.15) is 45.5 Å². The van der Waals surface area contributed by atoms with Crippen LogP contribution in [0.4, 0.5) is 38.0 Å². The van der Waals surface area contributed by atoms with Gasteiger partial charge >= 0.3 is 12.4 Å². The molecule has 4 bridgehead atoms. The molecular weight excluding hydrogens is 1220 g/mol. The van der Waals surface area contributed by atoms with Gasteiger partial charge < -0.3 is 117 Å². The van der Waals surface area contributed by atoms with Crippen molar-refractivity contribution in [3.63, 3.8) is 0 Å². The molecule has 8 heterocycles. The van der Waals surface area contributed by atoms with Crippen LogP contribution < -0.4 is 27.0 Å². The monoisotopic (exact) mass is 1300 g/mol. The Bertz CT molecular complexity index is 2510. The second-order valence-corrected chi connectivity index (χ2v) is 22.6. The van der Waals surface area contributed by atoms with Crippen LogP contribution in [0.2, 0.25) is 0 Å². The number of aromatic nitrogens is 4. The molecular formula is C55H83F6N9O20. The summed E-state index contributed by atoms with van der Waals surface area (Å²) < 4.78 is 185. The Morgan fingerprint density at radius 3 is 1.41 bits per heavy atom. The number of aldehydes is 1. The quantitative estimate of drug-likeness (QED) is 0.0351. The smallest absolute Gasteiger partial charge is 0.379 e. The number of alkyl halides is 6. The fourth-order valence-corrected chi connectivity index (χ4v) is 10.4. The number of amides is 1. The minimum atomic E-state index is -4.67. The zero-order valence-corrected chi connectivity index (χ0v) is 50.6. The zero-order valence-electron chi connectivity index (χ0n) is 50.6. The van der Waals surface area contributed by atoms with Gasteiger partial charge in [-0.1, -0.05) is 0 Å². The van der Waals surface area contributed by atoms with E-state index in [1.54, 1.807) is 27.7 Å². The van der Waals surface area contributed by atoms with Crippen LogP contribution >= 0.6 is 0 Å². The van der Waals surface area contributed by atoms with Crippen molar-refractivity contribution in [2.45, 2.75) is 130 Å². The lowest BCUT2D eigenvalue weighted by molar-refractivity contribution is -0.208. The second kappa shape index (κ2) is 33.7. The van der Waals surface area contributed by atoms with E-state index in [9.17, 15) is 35.9 Å². The van der Waals surface area contributed by atoms with Gasteiger partial charge in [0.1, 0.15) is 71.7 Å². The van der Waals surface area contributed by atoms with Crippen molar-refractivity contribution in [2.24, 2.45) is 5.73 Å². The number of carbonyl (C=O) groups is 2. The molecule has 6 fully saturated rings. The van der Waals surface area contributed by atoms with Gasteiger partial charge in [-0.2, -0.15) is 26.3 Å². The van der Waals surface area contributed by atoms with Gasteiger partial charge in [-0.3, -0.25) is 14.8 Å². The number of fused-ring (bicyclic) bond motifs is 8. The number of nitrogens with one attached hydrogen (secondary N) is 4. The highest BCUT2D eigenvalue weighted by Gasteiger charge is 2.67. The first-order chi connectivity index (χ1) is 43.1. The number of hydrogen-bond acceptors (Lipinski definition) is 28. The lowest BCUT2D eigenvalue weighted by atomic mass is 9.88. The predicted octanol–water partition coefficient (Wildman–Crippen LogP) is 1.01. The van der Waals surface area contributed by atoms with Crippen LogP contribution in [-0.4, -0.2) is 275 Å². The molecule has 0 aromatic carbocycles. The van der Waals surface area contributed by atoms with Crippen molar-refractivity contribution in [3.8, 4) is 0 Å². The minimum absolute atomic E-state index is 0.00652. The number of halogens is 6. The molecule has 29 nitrogen and oxygen atoms in total. The summed E-state index contributed by atoms with van der Waals surface area (Å²) in [5.41, 5.74) is 1.63. The molecule has 6 aliphatic rings. The van der Waals surface area contributed by atoms with E-state index >= 15 is 0 Å². The maximum absolute atomic E-state index is 13.3. The molecule has 2 unspecified atom stereocenters. The second-order valence-electron chi connectivity index (χ2n) is 22.6. The minimum Gasteiger partial charge on any atom is -0.379 e. The lowest BCUT2D eigenvalue weighted by Gasteiger charge is -2.42. The first kappa shape index (κ1) is 71.5. The third kappa shape index (κ3) is 20.8. The van der Waals surface area contributed by atoms with Crippen LogP contribution in [0.25, 0.3) is 0 Å². The van der Waals surface area contributed by atoms with Gasteiger partial charge in [0.15, 0.2) is 35.5 Å². The predicted molar refractivity (Wildman–Crippen MR) is 295 cm³/mol. The van der Waals surface area contributed by atoms with E-state index in [2.05, 4.69) is 41.2 Å². The van der Waals surface area contributed by atoms with Crippen molar-refractivity contribution in [1.82, 2.24) is 30.6 Å². The van der Waals surface area contributed by atoms with Gasteiger partial charge in [0.2, 0.25) is 5.91 Å². The van der Waals surface area contributed by atoms with Gasteiger partial charge in [0.25, 0.3) is 0 Å². The van der Waals surface area contributed by atoms with Gasteiger partial charge in [-0.05, 0) is 34.1 Å². The molecule has 6 N–H and O–H groups in total. The number of ether oxygens (including phenoxy) is 18. The molecule has 2 aromatic heterocycles. The summed E-state index contributed by atoms with van der Waals surface area (Å²) in [6.07, 6.45) is -8.85. The van der Waals surface area contributed by atoms with Crippen molar-refractivity contribution in [1.29, 1.82) is 0 Å².